The highest BCUT2D eigenvalue weighted by Gasteiger charge is 2.11. The van der Waals surface area contributed by atoms with Crippen LogP contribution in [0.25, 0.3) is 0 Å². The second-order valence-electron chi connectivity index (χ2n) is 2.73. The molecular weight excluding hydrogens is 156 g/mol. The third kappa shape index (κ3) is 5.09. The van der Waals surface area contributed by atoms with Crippen LogP contribution < -0.4 is 11.2 Å². The van der Waals surface area contributed by atoms with E-state index in [2.05, 4.69) is 5.48 Å². The first-order valence-electron chi connectivity index (χ1n) is 4.34. The molecule has 0 aromatic heterocycles. The van der Waals surface area contributed by atoms with Crippen molar-refractivity contribution in [3.8, 4) is 0 Å². The van der Waals surface area contributed by atoms with Crippen molar-refractivity contribution < 1.29 is 9.63 Å². The first-order valence-corrected chi connectivity index (χ1v) is 4.34. The van der Waals surface area contributed by atoms with Gasteiger partial charge in [-0.1, -0.05) is 6.92 Å². The van der Waals surface area contributed by atoms with Gasteiger partial charge in [-0.25, -0.2) is 5.48 Å². The van der Waals surface area contributed by atoms with Crippen molar-refractivity contribution >= 4 is 5.91 Å². The van der Waals surface area contributed by atoms with Crippen LogP contribution in [0.5, 0.6) is 0 Å². The fourth-order valence-corrected chi connectivity index (χ4v) is 0.799. The van der Waals surface area contributed by atoms with Crippen molar-refractivity contribution in [2.24, 2.45) is 11.7 Å². The van der Waals surface area contributed by atoms with Gasteiger partial charge in [0.25, 0.3) is 0 Å². The van der Waals surface area contributed by atoms with E-state index < -0.39 is 0 Å². The van der Waals surface area contributed by atoms with E-state index in [4.69, 9.17) is 10.6 Å². The summed E-state index contributed by atoms with van der Waals surface area (Å²) in [6.07, 6.45) is 1.69. The molecule has 0 heterocycles. The Labute approximate surface area is 73.4 Å². The molecule has 0 radical (unpaired) electrons. The van der Waals surface area contributed by atoms with Gasteiger partial charge in [0, 0.05) is 5.92 Å². The van der Waals surface area contributed by atoms with E-state index in [1.807, 2.05) is 13.8 Å². The fourth-order valence-electron chi connectivity index (χ4n) is 0.799. The minimum atomic E-state index is -0.0645. The quantitative estimate of drug-likeness (QED) is 0.574. The van der Waals surface area contributed by atoms with E-state index in [0.717, 1.165) is 12.8 Å². The molecule has 0 fully saturated rings. The number of hydrogen-bond donors (Lipinski definition) is 2. The zero-order chi connectivity index (χ0) is 9.40. The van der Waals surface area contributed by atoms with Crippen LogP contribution in [0, 0.1) is 5.92 Å². The fraction of sp³-hybridized carbons (Fsp3) is 0.875. The maximum absolute atomic E-state index is 11.1. The molecule has 12 heavy (non-hydrogen) atoms. The Kier molecular flexibility index (Phi) is 6.70. The van der Waals surface area contributed by atoms with Gasteiger partial charge in [0.1, 0.15) is 0 Å². The molecule has 0 spiro atoms. The van der Waals surface area contributed by atoms with Crippen LogP contribution in [0.1, 0.15) is 26.7 Å². The average molecular weight is 174 g/mol. The maximum Gasteiger partial charge on any atom is 0.246 e. The lowest BCUT2D eigenvalue weighted by Gasteiger charge is -2.10. The Bertz CT molecular complexity index is 128. The molecule has 3 N–H and O–H groups in total. The SMILES string of the molecule is CCONC(=O)C(C)CCCN. The highest BCUT2D eigenvalue weighted by atomic mass is 16.6. The average Bonchev–Trinajstić information content (AvgIpc) is 2.10. The summed E-state index contributed by atoms with van der Waals surface area (Å²) in [6, 6.07) is 0. The summed E-state index contributed by atoms with van der Waals surface area (Å²) in [5, 5.41) is 0. The number of carbonyl (C=O) groups excluding carboxylic acids is 1. The number of carbonyl (C=O) groups is 1. The Hall–Kier alpha value is -0.610. The summed E-state index contributed by atoms with van der Waals surface area (Å²) in [6.45, 7) is 4.82. The summed E-state index contributed by atoms with van der Waals surface area (Å²) >= 11 is 0. The monoisotopic (exact) mass is 174 g/mol. The first-order chi connectivity index (χ1) is 5.72. The van der Waals surface area contributed by atoms with Crippen molar-refractivity contribution in [3.05, 3.63) is 0 Å². The van der Waals surface area contributed by atoms with Crippen molar-refractivity contribution in [2.75, 3.05) is 13.2 Å². The summed E-state index contributed by atoms with van der Waals surface area (Å²) in [4.78, 5) is 15.9. The van der Waals surface area contributed by atoms with Gasteiger partial charge in [-0.15, -0.1) is 0 Å². The largest absolute Gasteiger partial charge is 0.330 e. The van der Waals surface area contributed by atoms with E-state index >= 15 is 0 Å². The topological polar surface area (TPSA) is 64.3 Å². The van der Waals surface area contributed by atoms with Gasteiger partial charge in [-0.3, -0.25) is 9.63 Å². The molecule has 0 bridgehead atoms. The lowest BCUT2D eigenvalue weighted by Crippen LogP contribution is -2.29. The molecule has 0 aliphatic rings. The standard InChI is InChI=1S/C8H18N2O2/c1-3-12-10-8(11)7(2)5-4-6-9/h7H,3-6,9H2,1-2H3,(H,10,11). The molecule has 4 heteroatoms. The summed E-state index contributed by atoms with van der Waals surface area (Å²) in [5.74, 6) is -0.0783. The van der Waals surface area contributed by atoms with Gasteiger partial charge in [0.2, 0.25) is 5.91 Å². The van der Waals surface area contributed by atoms with Gasteiger partial charge in [0.15, 0.2) is 0 Å². The van der Waals surface area contributed by atoms with E-state index in [0.29, 0.717) is 13.2 Å². The third-order valence-electron chi connectivity index (χ3n) is 1.61. The second-order valence-corrected chi connectivity index (χ2v) is 2.73. The molecule has 0 aromatic rings. The molecule has 0 aromatic carbocycles. The van der Waals surface area contributed by atoms with E-state index in [9.17, 15) is 4.79 Å². The normalized spacial score (nSPS) is 12.6. The van der Waals surface area contributed by atoms with Crippen LogP contribution in [-0.4, -0.2) is 19.1 Å². The van der Waals surface area contributed by atoms with Crippen LogP contribution in [0.15, 0.2) is 0 Å². The van der Waals surface area contributed by atoms with Crippen LogP contribution >= 0.6 is 0 Å². The minimum Gasteiger partial charge on any atom is -0.330 e. The van der Waals surface area contributed by atoms with Crippen LogP contribution in [0.3, 0.4) is 0 Å². The number of hydrogen-bond acceptors (Lipinski definition) is 3. The Morgan fingerprint density at radius 3 is 2.83 bits per heavy atom. The van der Waals surface area contributed by atoms with E-state index in [-0.39, 0.29) is 11.8 Å². The Morgan fingerprint density at radius 1 is 1.67 bits per heavy atom. The maximum atomic E-state index is 11.1. The molecule has 0 aliphatic heterocycles. The summed E-state index contributed by atoms with van der Waals surface area (Å²) in [7, 11) is 0. The lowest BCUT2D eigenvalue weighted by molar-refractivity contribution is -0.137. The molecule has 4 nitrogen and oxygen atoms in total. The highest BCUT2D eigenvalue weighted by molar-refractivity contribution is 5.77. The molecular formula is C8H18N2O2. The third-order valence-corrected chi connectivity index (χ3v) is 1.61. The number of nitrogens with one attached hydrogen (secondary N) is 1. The second kappa shape index (κ2) is 7.06. The Balaban J connectivity index is 3.47. The van der Waals surface area contributed by atoms with Crippen molar-refractivity contribution in [1.82, 2.24) is 5.48 Å². The smallest absolute Gasteiger partial charge is 0.246 e. The zero-order valence-electron chi connectivity index (χ0n) is 7.80. The predicted octanol–water partition coefficient (Wildman–Crippen LogP) is 0.429. The minimum absolute atomic E-state index is 0.0138. The molecule has 0 rings (SSSR count). The molecule has 0 aliphatic carbocycles. The predicted molar refractivity (Wildman–Crippen MR) is 47.2 cm³/mol. The highest BCUT2D eigenvalue weighted by Crippen LogP contribution is 2.03. The molecule has 1 amide bonds. The number of amides is 1. The summed E-state index contributed by atoms with van der Waals surface area (Å²) in [5.41, 5.74) is 7.68. The van der Waals surface area contributed by atoms with Gasteiger partial charge < -0.3 is 5.73 Å². The van der Waals surface area contributed by atoms with E-state index in [1.54, 1.807) is 0 Å². The zero-order valence-corrected chi connectivity index (χ0v) is 7.80. The number of hydroxylamine groups is 1. The van der Waals surface area contributed by atoms with E-state index in [1.165, 1.54) is 0 Å². The van der Waals surface area contributed by atoms with Crippen LogP contribution in [-0.2, 0) is 9.63 Å². The number of rotatable bonds is 6. The molecule has 1 unspecified atom stereocenters. The molecule has 0 saturated heterocycles. The van der Waals surface area contributed by atoms with Gasteiger partial charge >= 0.3 is 0 Å². The van der Waals surface area contributed by atoms with Crippen molar-refractivity contribution in [2.45, 2.75) is 26.7 Å². The lowest BCUT2D eigenvalue weighted by atomic mass is 10.1. The van der Waals surface area contributed by atoms with Crippen LogP contribution in [0.2, 0.25) is 0 Å². The molecule has 0 saturated carbocycles. The molecule has 1 atom stereocenters. The summed E-state index contributed by atoms with van der Waals surface area (Å²) < 4.78 is 0. The van der Waals surface area contributed by atoms with Gasteiger partial charge in [0.05, 0.1) is 6.61 Å². The van der Waals surface area contributed by atoms with Crippen molar-refractivity contribution in [3.63, 3.8) is 0 Å². The van der Waals surface area contributed by atoms with Gasteiger partial charge in [-0.2, -0.15) is 0 Å². The molecule has 72 valence electrons. The number of nitrogens with two attached hydrogens (primary N) is 1. The Morgan fingerprint density at radius 2 is 2.33 bits per heavy atom. The van der Waals surface area contributed by atoms with Crippen LogP contribution in [0.4, 0.5) is 0 Å². The van der Waals surface area contributed by atoms with Gasteiger partial charge in [-0.05, 0) is 26.3 Å². The first kappa shape index (κ1) is 11.4. The van der Waals surface area contributed by atoms with Crippen molar-refractivity contribution in [1.29, 1.82) is 0 Å².